The van der Waals surface area contributed by atoms with E-state index in [1.165, 1.54) is 59.0 Å². The zero-order chi connectivity index (χ0) is 38.4. The molecule has 55 heavy (non-hydrogen) atoms. The van der Waals surface area contributed by atoms with Gasteiger partial charge in [-0.05, 0) is 40.6 Å². The zero-order valence-corrected chi connectivity index (χ0v) is 38.7. The average molecular weight is 868 g/mol. The Kier molecular flexibility index (Phi) is 16.7. The third-order valence-corrected chi connectivity index (χ3v) is 13.9. The maximum Gasteiger partial charge on any atom is -0.0801 e. The Bertz CT molecular complexity index is 1970. The van der Waals surface area contributed by atoms with E-state index >= 15 is 0 Å². The van der Waals surface area contributed by atoms with Crippen LogP contribution in [0.2, 0.25) is 5.02 Å². The second kappa shape index (κ2) is 19.7. The number of halogens is 3. The van der Waals surface area contributed by atoms with Gasteiger partial charge in [0, 0.05) is 0 Å². The molecule has 4 aromatic rings. The molecule has 0 spiro atoms. The molecule has 4 heteroatoms. The normalized spacial score (nSPS) is 22.1. The minimum atomic E-state index is 0. The van der Waals surface area contributed by atoms with Crippen molar-refractivity contribution in [3.05, 3.63) is 178 Å². The van der Waals surface area contributed by atoms with E-state index in [0.717, 1.165) is 17.9 Å². The average Bonchev–Trinajstić information content (AvgIpc) is 3.89. The Labute approximate surface area is 365 Å². The van der Waals surface area contributed by atoms with Gasteiger partial charge in [0.15, 0.2) is 0 Å². The summed E-state index contributed by atoms with van der Waals surface area (Å²) in [6.45, 7) is 20.3. The van der Waals surface area contributed by atoms with Crippen LogP contribution in [0.3, 0.4) is 0 Å². The molecule has 1 saturated carbocycles. The van der Waals surface area contributed by atoms with Crippen molar-refractivity contribution in [2.75, 3.05) is 0 Å². The third-order valence-electron chi connectivity index (χ3n) is 13.6. The molecule has 0 saturated heterocycles. The fourth-order valence-corrected chi connectivity index (χ4v) is 9.48. The largest absolute Gasteiger partial charge is 0.147 e. The van der Waals surface area contributed by atoms with E-state index in [0.29, 0.717) is 5.92 Å². The minimum absolute atomic E-state index is 0. The van der Waals surface area contributed by atoms with Gasteiger partial charge in [-0.25, -0.2) is 18.1 Å². The van der Waals surface area contributed by atoms with Gasteiger partial charge in [-0.1, -0.05) is 131 Å². The summed E-state index contributed by atoms with van der Waals surface area (Å²) in [6.07, 6.45) is 18.5. The molecular weight excluding hydrogens is 810 g/mol. The van der Waals surface area contributed by atoms with Gasteiger partial charge in [-0.3, -0.25) is 6.08 Å². The fourth-order valence-electron chi connectivity index (χ4n) is 9.34. The van der Waals surface area contributed by atoms with Crippen molar-refractivity contribution in [2.45, 2.75) is 81.1 Å². The van der Waals surface area contributed by atoms with Crippen LogP contribution in [0.1, 0.15) is 85.8 Å². The molecule has 0 nitrogen and oxygen atoms in total. The number of fused-ring (bicyclic) bond motifs is 7. The van der Waals surface area contributed by atoms with Crippen molar-refractivity contribution in [3.8, 4) is 0 Å². The van der Waals surface area contributed by atoms with Gasteiger partial charge in [0.05, 0.1) is 0 Å². The molecule has 2 atom stereocenters. The summed E-state index contributed by atoms with van der Waals surface area (Å²) in [5.41, 5.74) is 10.3. The van der Waals surface area contributed by atoms with Crippen LogP contribution in [0.25, 0.3) is 16.3 Å². The first-order valence-electron chi connectivity index (χ1n) is 19.0. The van der Waals surface area contributed by atoms with Crippen molar-refractivity contribution in [2.24, 2.45) is 27.6 Å². The quantitative estimate of drug-likeness (QED) is 0.155. The molecule has 1 fully saturated rings. The molecule has 0 N–H and O–H groups in total. The third kappa shape index (κ3) is 8.77. The monoisotopic (exact) mass is 864 g/mol. The van der Waals surface area contributed by atoms with E-state index in [1.807, 2.05) is 54.6 Å². The molecule has 0 aromatic heterocycles. The molecule has 5 aliphatic rings. The van der Waals surface area contributed by atoms with Crippen molar-refractivity contribution in [3.63, 3.8) is 0 Å². The SMILES string of the molecule is C[C-]1C2=C3Cc4ccccc4C3=C3C=CCCC3C2(C)C(C)(C)C(C)(C)C1(C)C.Cl.Cl.Clc1c[c-]ccc1.[C-]1=CC=CC1.[CH2]=[Zr].[c-]1cccc2ccccc12. The summed E-state index contributed by atoms with van der Waals surface area (Å²) in [7, 11) is 0. The van der Waals surface area contributed by atoms with Crippen LogP contribution in [-0.4, -0.2) is 4.21 Å². The summed E-state index contributed by atoms with van der Waals surface area (Å²) in [5.74, 6) is 2.24. The first-order chi connectivity index (χ1) is 25.3. The molecule has 2 unspecified atom stereocenters. The predicted octanol–water partition coefficient (Wildman–Crippen LogP) is 14.9. The van der Waals surface area contributed by atoms with Gasteiger partial charge in [0.1, 0.15) is 0 Å². The second-order valence-electron chi connectivity index (χ2n) is 16.2. The Morgan fingerprint density at radius 2 is 1.49 bits per heavy atom. The first-order valence-corrected chi connectivity index (χ1v) is 21.1. The Morgan fingerprint density at radius 3 is 2.09 bits per heavy atom. The van der Waals surface area contributed by atoms with Gasteiger partial charge in [0.2, 0.25) is 0 Å². The Balaban J connectivity index is 0.000000253. The Hall–Kier alpha value is -2.67. The minimum Gasteiger partial charge on any atom is -0.147 e. The Morgan fingerprint density at radius 1 is 0.818 bits per heavy atom. The number of hydrogen-bond acceptors (Lipinski definition) is 0. The van der Waals surface area contributed by atoms with Gasteiger partial charge < -0.3 is 0 Å². The van der Waals surface area contributed by atoms with Crippen LogP contribution in [0.5, 0.6) is 0 Å². The van der Waals surface area contributed by atoms with Crippen molar-refractivity contribution < 1.29 is 24.2 Å². The number of hydrogen-bond donors (Lipinski definition) is 0. The van der Waals surface area contributed by atoms with E-state index in [4.69, 9.17) is 11.6 Å². The first kappa shape index (κ1) is 46.7. The van der Waals surface area contributed by atoms with Gasteiger partial charge in [-0.15, -0.1) is 85.3 Å². The molecule has 0 radical (unpaired) electrons. The predicted molar refractivity (Wildman–Crippen MR) is 241 cm³/mol. The van der Waals surface area contributed by atoms with Crippen LogP contribution in [0.15, 0.2) is 138 Å². The molecule has 0 amide bonds. The smallest absolute Gasteiger partial charge is 0.0801 e. The van der Waals surface area contributed by atoms with Gasteiger partial charge in [0.25, 0.3) is 0 Å². The van der Waals surface area contributed by atoms with E-state index in [2.05, 4.69) is 139 Å². The summed E-state index contributed by atoms with van der Waals surface area (Å²) < 4.78 is 3.34. The number of rotatable bonds is 0. The van der Waals surface area contributed by atoms with Crippen molar-refractivity contribution in [1.29, 1.82) is 0 Å². The summed E-state index contributed by atoms with van der Waals surface area (Å²) in [4.78, 5) is 0. The van der Waals surface area contributed by atoms with Gasteiger partial charge >= 0.3 is 28.4 Å². The standard InChI is InChI=1S/C29H37.C10H7.C6H4Cl.C5H5.CH2.2ClH.Zr/c1-18-25-22-17-19-13-9-10-14-20(19)24(22)21-15-11-12-16-23(21)29(25,8)28(6,7)27(4,5)26(18,2)3;1-2-6-10-8-4-3-7-9(10)5-1;7-6-4-2-1-3-5-6;1-2-4-5-3-1;;;;/h9-11,13-15,23H,12,16-17H2,1-8H3;1-7H;1-2,4-5H;1-3H,4H2;1H2;2*1H;/q4*-1;;;;. The maximum absolute atomic E-state index is 5.51. The number of allylic oxidation sites excluding steroid dienone is 10. The number of benzene rings is 4. The summed E-state index contributed by atoms with van der Waals surface area (Å²) in [6, 6.07) is 36.6. The molecule has 0 bridgehead atoms. The maximum atomic E-state index is 5.51. The van der Waals surface area contributed by atoms with Crippen molar-refractivity contribution >= 4 is 57.0 Å². The molecule has 9 rings (SSSR count). The van der Waals surface area contributed by atoms with E-state index in [1.54, 1.807) is 34.3 Å². The topological polar surface area (TPSA) is 0 Å². The van der Waals surface area contributed by atoms with E-state index in [9.17, 15) is 0 Å². The van der Waals surface area contributed by atoms with Crippen LogP contribution in [-0.2, 0) is 30.7 Å². The van der Waals surface area contributed by atoms with Crippen LogP contribution in [0, 0.1) is 51.7 Å². The van der Waals surface area contributed by atoms with E-state index < -0.39 is 0 Å². The fraction of sp³-hybridized carbons (Fsp3) is 0.333. The molecule has 4 aromatic carbocycles. The molecule has 0 aliphatic heterocycles. The molecule has 290 valence electrons. The van der Waals surface area contributed by atoms with E-state index in [-0.39, 0.29) is 46.5 Å². The van der Waals surface area contributed by atoms with Crippen LogP contribution >= 0.6 is 36.4 Å². The summed E-state index contributed by atoms with van der Waals surface area (Å²) >= 11 is 6.81. The molecule has 0 heterocycles. The molecule has 5 aliphatic carbocycles. The second-order valence-corrected chi connectivity index (χ2v) is 16.7. The zero-order valence-electron chi connectivity index (χ0n) is 33.9. The summed E-state index contributed by atoms with van der Waals surface area (Å²) in [5, 5.41) is 3.18. The van der Waals surface area contributed by atoms with Gasteiger partial charge in [-0.2, -0.15) is 59.2 Å². The molecular formula is C51H57Cl3Zr-4. The van der Waals surface area contributed by atoms with Crippen molar-refractivity contribution in [1.82, 2.24) is 0 Å². The van der Waals surface area contributed by atoms with Crippen LogP contribution < -0.4 is 0 Å². The van der Waals surface area contributed by atoms with Crippen LogP contribution in [0.4, 0.5) is 0 Å².